The van der Waals surface area contributed by atoms with Crippen molar-refractivity contribution in [1.29, 1.82) is 0 Å². The van der Waals surface area contributed by atoms with E-state index < -0.39 is 10.0 Å². The summed E-state index contributed by atoms with van der Waals surface area (Å²) in [7, 11) is 2.30. The monoisotopic (exact) mass is 570 g/mol. The second kappa shape index (κ2) is 12.9. The highest BCUT2D eigenvalue weighted by Gasteiger charge is 2.32. The second-order valence-electron chi connectivity index (χ2n) is 8.98. The highest BCUT2D eigenvalue weighted by atomic mass is 32.2. The normalized spacial score (nSPS) is 13.9. The lowest BCUT2D eigenvalue weighted by Crippen LogP contribution is -2.49. The molecule has 12 heteroatoms. The Labute approximate surface area is 234 Å². The van der Waals surface area contributed by atoms with Crippen LogP contribution < -0.4 is 29.2 Å². The summed E-state index contributed by atoms with van der Waals surface area (Å²) < 4.78 is 49.3. The van der Waals surface area contributed by atoms with Crippen LogP contribution in [0.3, 0.4) is 0 Å². The van der Waals surface area contributed by atoms with Gasteiger partial charge in [-0.15, -0.1) is 0 Å². The highest BCUT2D eigenvalue weighted by molar-refractivity contribution is 7.89. The number of rotatable bonds is 11. The van der Waals surface area contributed by atoms with E-state index in [9.17, 15) is 13.2 Å². The Kier molecular flexibility index (Phi) is 9.33. The number of aromatic nitrogens is 1. The number of anilines is 1. The number of hydrogen-bond donors (Lipinski definition) is 1. The Bertz CT molecular complexity index is 1440. The molecule has 40 heavy (non-hydrogen) atoms. The van der Waals surface area contributed by atoms with E-state index in [1.54, 1.807) is 44.7 Å². The van der Waals surface area contributed by atoms with Crippen LogP contribution in [0.25, 0.3) is 0 Å². The average Bonchev–Trinajstić information content (AvgIpc) is 3.00. The maximum Gasteiger partial charge on any atom is 0.255 e. The average molecular weight is 571 g/mol. The molecular formula is C28H34N4O7S. The maximum atomic E-state index is 13.4. The summed E-state index contributed by atoms with van der Waals surface area (Å²) in [5.74, 6) is 2.27. The predicted molar refractivity (Wildman–Crippen MR) is 150 cm³/mol. The van der Waals surface area contributed by atoms with Gasteiger partial charge in [-0.3, -0.25) is 4.79 Å². The molecule has 0 spiro atoms. The molecule has 1 saturated heterocycles. The molecular weight excluding hydrogens is 536 g/mol. The van der Waals surface area contributed by atoms with Crippen LogP contribution in [-0.4, -0.2) is 84.8 Å². The van der Waals surface area contributed by atoms with Gasteiger partial charge in [-0.05, 0) is 48.4 Å². The minimum absolute atomic E-state index is 0.0802. The molecule has 0 bridgehead atoms. The SMILES string of the molecule is COc1ccc(S(=O)(=O)N2CCN(c3ncccc3C(=O)NCCc3ccc(OC)c(OC)c3)CC2)c(OC)c1. The molecule has 0 radical (unpaired) electrons. The summed E-state index contributed by atoms with van der Waals surface area (Å²) in [6, 6.07) is 13.7. The topological polar surface area (TPSA) is 120 Å². The number of pyridine rings is 1. The van der Waals surface area contributed by atoms with E-state index in [4.69, 9.17) is 18.9 Å². The van der Waals surface area contributed by atoms with E-state index in [2.05, 4.69) is 10.3 Å². The number of benzene rings is 2. The van der Waals surface area contributed by atoms with E-state index in [-0.39, 0.29) is 29.6 Å². The molecule has 1 fully saturated rings. The first-order valence-electron chi connectivity index (χ1n) is 12.7. The van der Waals surface area contributed by atoms with Gasteiger partial charge in [0.05, 0.1) is 34.0 Å². The van der Waals surface area contributed by atoms with Gasteiger partial charge in [-0.2, -0.15) is 4.31 Å². The molecule has 1 aliphatic heterocycles. The number of nitrogens with one attached hydrogen (secondary N) is 1. The van der Waals surface area contributed by atoms with Gasteiger partial charge in [0, 0.05) is 45.0 Å². The highest BCUT2D eigenvalue weighted by Crippen LogP contribution is 2.32. The quantitative estimate of drug-likeness (QED) is 0.371. The van der Waals surface area contributed by atoms with Crippen LogP contribution in [-0.2, 0) is 16.4 Å². The Morgan fingerprint density at radius 3 is 2.27 bits per heavy atom. The Hall–Kier alpha value is -4.03. The van der Waals surface area contributed by atoms with Crippen LogP contribution in [0.4, 0.5) is 5.82 Å². The van der Waals surface area contributed by atoms with Crippen LogP contribution >= 0.6 is 0 Å². The summed E-state index contributed by atoms with van der Waals surface area (Å²) in [6.07, 6.45) is 2.23. The van der Waals surface area contributed by atoms with Crippen molar-refractivity contribution in [2.75, 3.05) is 66.1 Å². The summed E-state index contributed by atoms with van der Waals surface area (Å²) in [4.78, 5) is 19.6. The van der Waals surface area contributed by atoms with Crippen molar-refractivity contribution in [1.82, 2.24) is 14.6 Å². The molecule has 0 atom stereocenters. The summed E-state index contributed by atoms with van der Waals surface area (Å²) in [6.45, 7) is 1.63. The summed E-state index contributed by atoms with van der Waals surface area (Å²) in [5.41, 5.74) is 1.43. The molecule has 11 nitrogen and oxygen atoms in total. The molecule has 0 unspecified atom stereocenters. The van der Waals surface area contributed by atoms with E-state index in [0.717, 1.165) is 5.56 Å². The van der Waals surface area contributed by atoms with Crippen LogP contribution in [0.15, 0.2) is 59.6 Å². The van der Waals surface area contributed by atoms with E-state index in [1.165, 1.54) is 24.6 Å². The van der Waals surface area contributed by atoms with Crippen molar-refractivity contribution in [2.45, 2.75) is 11.3 Å². The first kappa shape index (κ1) is 29.0. The zero-order valence-electron chi connectivity index (χ0n) is 23.0. The molecule has 0 aliphatic carbocycles. The zero-order valence-corrected chi connectivity index (χ0v) is 23.9. The fourth-order valence-corrected chi connectivity index (χ4v) is 6.10. The largest absolute Gasteiger partial charge is 0.497 e. The fraction of sp³-hybridized carbons (Fsp3) is 0.357. The molecule has 0 saturated carbocycles. The number of nitrogens with zero attached hydrogens (tertiary/aromatic N) is 3. The fourth-order valence-electron chi connectivity index (χ4n) is 4.55. The molecule has 2 aromatic carbocycles. The predicted octanol–water partition coefficient (Wildman–Crippen LogP) is 2.60. The molecule has 1 aliphatic rings. The third-order valence-corrected chi connectivity index (χ3v) is 8.64. The number of methoxy groups -OCH3 is 4. The van der Waals surface area contributed by atoms with Crippen LogP contribution in [0.2, 0.25) is 0 Å². The standard InChI is InChI=1S/C28H34N4O7S/c1-36-21-8-10-26(25(19-21)39-4)40(34,35)32-16-14-31(15-17-32)27-22(6-5-12-29-27)28(33)30-13-11-20-7-9-23(37-2)24(18-20)38-3/h5-10,12,18-19H,11,13-17H2,1-4H3,(H,30,33). The minimum Gasteiger partial charge on any atom is -0.497 e. The van der Waals surface area contributed by atoms with E-state index >= 15 is 0 Å². The first-order chi connectivity index (χ1) is 19.3. The van der Waals surface area contributed by atoms with Gasteiger partial charge in [-0.1, -0.05) is 6.07 Å². The number of sulfonamides is 1. The number of carbonyl (C=O) groups excluding carboxylic acids is 1. The van der Waals surface area contributed by atoms with Crippen molar-refractivity contribution in [2.24, 2.45) is 0 Å². The Balaban J connectivity index is 1.40. The number of carbonyl (C=O) groups is 1. The zero-order chi connectivity index (χ0) is 28.7. The van der Waals surface area contributed by atoms with E-state index in [0.29, 0.717) is 54.7 Å². The molecule has 1 amide bonds. The van der Waals surface area contributed by atoms with Crippen molar-refractivity contribution in [3.8, 4) is 23.0 Å². The van der Waals surface area contributed by atoms with Gasteiger partial charge >= 0.3 is 0 Å². The van der Waals surface area contributed by atoms with E-state index in [1.807, 2.05) is 23.1 Å². The first-order valence-corrected chi connectivity index (χ1v) is 14.2. The minimum atomic E-state index is -3.80. The third kappa shape index (κ3) is 6.23. The summed E-state index contributed by atoms with van der Waals surface area (Å²) >= 11 is 0. The molecule has 214 valence electrons. The van der Waals surface area contributed by atoms with Crippen molar-refractivity contribution < 1.29 is 32.2 Å². The lowest BCUT2D eigenvalue weighted by Gasteiger charge is -2.35. The van der Waals surface area contributed by atoms with Gasteiger partial charge in [0.15, 0.2) is 11.5 Å². The Morgan fingerprint density at radius 1 is 0.875 bits per heavy atom. The van der Waals surface area contributed by atoms with Crippen molar-refractivity contribution in [3.05, 3.63) is 65.9 Å². The van der Waals surface area contributed by atoms with Crippen molar-refractivity contribution >= 4 is 21.7 Å². The molecule has 1 N–H and O–H groups in total. The van der Waals surface area contributed by atoms with Gasteiger partial charge < -0.3 is 29.2 Å². The van der Waals surface area contributed by atoms with Gasteiger partial charge in [0.25, 0.3) is 5.91 Å². The summed E-state index contributed by atoms with van der Waals surface area (Å²) in [5, 5.41) is 2.96. The van der Waals surface area contributed by atoms with Gasteiger partial charge in [0.2, 0.25) is 10.0 Å². The maximum absolute atomic E-state index is 13.4. The van der Waals surface area contributed by atoms with Crippen molar-refractivity contribution in [3.63, 3.8) is 0 Å². The molecule has 2 heterocycles. The molecule has 4 rings (SSSR count). The number of amides is 1. The smallest absolute Gasteiger partial charge is 0.255 e. The van der Waals surface area contributed by atoms with Crippen LogP contribution in [0.5, 0.6) is 23.0 Å². The van der Waals surface area contributed by atoms with Crippen LogP contribution in [0.1, 0.15) is 15.9 Å². The second-order valence-corrected chi connectivity index (χ2v) is 10.9. The molecule has 3 aromatic rings. The van der Waals surface area contributed by atoms with Gasteiger partial charge in [-0.25, -0.2) is 13.4 Å². The lowest BCUT2D eigenvalue weighted by molar-refractivity contribution is 0.0954. The number of hydrogen-bond acceptors (Lipinski definition) is 9. The third-order valence-electron chi connectivity index (χ3n) is 6.71. The lowest BCUT2D eigenvalue weighted by atomic mass is 10.1. The Morgan fingerprint density at radius 2 is 1.60 bits per heavy atom. The number of piperazine rings is 1. The molecule has 1 aromatic heterocycles. The van der Waals surface area contributed by atoms with Crippen LogP contribution in [0, 0.1) is 0 Å². The van der Waals surface area contributed by atoms with Gasteiger partial charge in [0.1, 0.15) is 22.2 Å². The number of ether oxygens (including phenoxy) is 4.